The minimum absolute atomic E-state index is 0.0667. The number of fused-ring (bicyclic) bond motifs is 1. The Morgan fingerprint density at radius 2 is 2.00 bits per heavy atom. The van der Waals surface area contributed by atoms with Crippen molar-refractivity contribution in [2.75, 3.05) is 18.4 Å². The Morgan fingerprint density at radius 3 is 2.77 bits per heavy atom. The second-order valence-electron chi connectivity index (χ2n) is 6.84. The third-order valence-electron chi connectivity index (χ3n) is 5.13. The summed E-state index contributed by atoms with van der Waals surface area (Å²) >= 11 is 4.37. The van der Waals surface area contributed by atoms with Crippen molar-refractivity contribution in [1.29, 1.82) is 0 Å². The fourth-order valence-electron chi connectivity index (χ4n) is 3.61. The van der Waals surface area contributed by atoms with Gasteiger partial charge in [0.1, 0.15) is 0 Å². The van der Waals surface area contributed by atoms with E-state index in [4.69, 9.17) is 0 Å². The van der Waals surface area contributed by atoms with Crippen molar-refractivity contribution in [3.05, 3.63) is 46.8 Å². The second kappa shape index (κ2) is 6.68. The zero-order chi connectivity index (χ0) is 18.3. The summed E-state index contributed by atoms with van der Waals surface area (Å²) in [6, 6.07) is 5.57. The summed E-state index contributed by atoms with van der Waals surface area (Å²) in [5.41, 5.74) is 4.54. The summed E-state index contributed by atoms with van der Waals surface area (Å²) in [5, 5.41) is 2.87. The largest absolute Gasteiger partial charge is 0.361 e. The third kappa shape index (κ3) is 2.94. The van der Waals surface area contributed by atoms with Gasteiger partial charge in [0.2, 0.25) is 0 Å². The van der Waals surface area contributed by atoms with E-state index in [1.54, 1.807) is 6.20 Å². The number of hydrogen-bond donors (Lipinski definition) is 3. The SMILES string of the molecule is Cc1c(C(=O)N2CCCCC2)c[nH]c1/C=C1\C(=O)Nc2ccc(S)cc21. The van der Waals surface area contributed by atoms with E-state index in [-0.39, 0.29) is 11.8 Å². The standard InChI is InChI=1S/C20H21N3O2S/c1-12-16(20(25)23-7-3-2-4-8-23)11-21-18(12)10-15-14-9-13(26)5-6-17(14)22-19(15)24/h5-6,9-11,21,26H,2-4,7-8H2,1H3,(H,22,24)/b15-10-. The van der Waals surface area contributed by atoms with Gasteiger partial charge in [0.15, 0.2) is 0 Å². The van der Waals surface area contributed by atoms with Gasteiger partial charge in [0.05, 0.1) is 11.1 Å². The van der Waals surface area contributed by atoms with Crippen LogP contribution in [0, 0.1) is 6.92 Å². The van der Waals surface area contributed by atoms with Crippen LogP contribution >= 0.6 is 12.6 Å². The number of aromatic amines is 1. The number of hydrogen-bond acceptors (Lipinski definition) is 3. The van der Waals surface area contributed by atoms with E-state index in [9.17, 15) is 9.59 Å². The predicted molar refractivity (Wildman–Crippen MR) is 105 cm³/mol. The van der Waals surface area contributed by atoms with Crippen LogP contribution < -0.4 is 5.32 Å². The number of nitrogens with zero attached hydrogens (tertiary/aromatic N) is 1. The first-order chi connectivity index (χ1) is 12.5. The lowest BCUT2D eigenvalue weighted by Gasteiger charge is -2.26. The number of H-pyrrole nitrogens is 1. The minimum atomic E-state index is -0.142. The van der Waals surface area contributed by atoms with Crippen LogP contribution in [-0.4, -0.2) is 34.8 Å². The third-order valence-corrected chi connectivity index (χ3v) is 5.41. The summed E-state index contributed by atoms with van der Waals surface area (Å²) < 4.78 is 0. The quantitative estimate of drug-likeness (QED) is 0.559. The molecule has 4 rings (SSSR count). The maximum Gasteiger partial charge on any atom is 0.256 e. The fraction of sp³-hybridized carbons (Fsp3) is 0.300. The number of likely N-dealkylation sites (tertiary alicyclic amines) is 1. The highest BCUT2D eigenvalue weighted by molar-refractivity contribution is 7.80. The lowest BCUT2D eigenvalue weighted by molar-refractivity contribution is -0.110. The highest BCUT2D eigenvalue weighted by Gasteiger charge is 2.26. The molecule has 3 heterocycles. The average molecular weight is 367 g/mol. The van der Waals surface area contributed by atoms with Crippen LogP contribution in [0.2, 0.25) is 0 Å². The molecule has 2 aliphatic rings. The Morgan fingerprint density at radius 1 is 1.23 bits per heavy atom. The number of anilines is 1. The maximum absolute atomic E-state index is 12.8. The van der Waals surface area contributed by atoms with E-state index in [2.05, 4.69) is 22.9 Å². The first kappa shape index (κ1) is 17.0. The van der Waals surface area contributed by atoms with Crippen molar-refractivity contribution in [1.82, 2.24) is 9.88 Å². The number of carbonyl (C=O) groups excluding carboxylic acids is 2. The van der Waals surface area contributed by atoms with Crippen LogP contribution in [0.3, 0.4) is 0 Å². The van der Waals surface area contributed by atoms with Gasteiger partial charge in [-0.05, 0) is 56.0 Å². The molecule has 1 aromatic heterocycles. The Balaban J connectivity index is 1.67. The Labute approximate surface area is 157 Å². The molecule has 0 bridgehead atoms. The lowest BCUT2D eigenvalue weighted by Crippen LogP contribution is -2.35. The molecule has 0 saturated carbocycles. The lowest BCUT2D eigenvalue weighted by atomic mass is 10.0. The molecule has 5 nitrogen and oxygen atoms in total. The Kier molecular flexibility index (Phi) is 4.36. The van der Waals surface area contributed by atoms with Crippen LogP contribution in [0.25, 0.3) is 11.6 Å². The average Bonchev–Trinajstić information content (AvgIpc) is 3.16. The normalized spacial score (nSPS) is 18.2. The highest BCUT2D eigenvalue weighted by atomic mass is 32.1. The molecule has 1 fully saturated rings. The smallest absolute Gasteiger partial charge is 0.256 e. The van der Waals surface area contributed by atoms with Crippen LogP contribution in [0.15, 0.2) is 29.3 Å². The van der Waals surface area contributed by atoms with Gasteiger partial charge < -0.3 is 15.2 Å². The molecule has 134 valence electrons. The Bertz CT molecular complexity index is 923. The number of rotatable bonds is 2. The van der Waals surface area contributed by atoms with E-state index in [0.717, 1.165) is 53.3 Å². The van der Waals surface area contributed by atoms with E-state index in [1.807, 2.05) is 36.1 Å². The van der Waals surface area contributed by atoms with E-state index in [0.29, 0.717) is 11.1 Å². The summed E-state index contributed by atoms with van der Waals surface area (Å²) in [4.78, 5) is 31.0. The van der Waals surface area contributed by atoms with Crippen molar-refractivity contribution in [2.24, 2.45) is 0 Å². The molecule has 26 heavy (non-hydrogen) atoms. The number of nitrogens with one attached hydrogen (secondary N) is 2. The van der Waals surface area contributed by atoms with Crippen LogP contribution in [0.5, 0.6) is 0 Å². The zero-order valence-electron chi connectivity index (χ0n) is 14.6. The fourth-order valence-corrected chi connectivity index (χ4v) is 3.82. The summed E-state index contributed by atoms with van der Waals surface area (Å²) in [6.45, 7) is 3.56. The number of amides is 2. The van der Waals surface area contributed by atoms with Crippen molar-refractivity contribution in [3.63, 3.8) is 0 Å². The van der Waals surface area contributed by atoms with Gasteiger partial charge >= 0.3 is 0 Å². The molecular formula is C20H21N3O2S. The maximum atomic E-state index is 12.8. The molecule has 0 unspecified atom stereocenters. The molecule has 6 heteroatoms. The molecule has 0 aliphatic carbocycles. The molecule has 2 N–H and O–H groups in total. The van der Waals surface area contributed by atoms with Crippen molar-refractivity contribution >= 4 is 41.8 Å². The molecular weight excluding hydrogens is 346 g/mol. The molecule has 2 amide bonds. The molecule has 2 aliphatic heterocycles. The number of piperidine rings is 1. The topological polar surface area (TPSA) is 65.2 Å². The van der Waals surface area contributed by atoms with Gasteiger partial charge in [0, 0.05) is 41.1 Å². The first-order valence-electron chi connectivity index (χ1n) is 8.88. The van der Waals surface area contributed by atoms with Crippen molar-refractivity contribution < 1.29 is 9.59 Å². The number of aromatic nitrogens is 1. The number of thiol groups is 1. The Hall–Kier alpha value is -2.47. The molecule has 1 aromatic carbocycles. The molecule has 0 spiro atoms. The van der Waals surface area contributed by atoms with Gasteiger partial charge in [0.25, 0.3) is 11.8 Å². The summed E-state index contributed by atoms with van der Waals surface area (Å²) in [7, 11) is 0. The van der Waals surface area contributed by atoms with E-state index >= 15 is 0 Å². The van der Waals surface area contributed by atoms with Gasteiger partial charge in [-0.3, -0.25) is 9.59 Å². The van der Waals surface area contributed by atoms with Crippen molar-refractivity contribution in [3.8, 4) is 0 Å². The van der Waals surface area contributed by atoms with Crippen LogP contribution in [0.4, 0.5) is 5.69 Å². The van der Waals surface area contributed by atoms with E-state index < -0.39 is 0 Å². The summed E-state index contributed by atoms with van der Waals surface area (Å²) in [5.74, 6) is -0.0751. The van der Waals surface area contributed by atoms with Gasteiger partial charge in [-0.1, -0.05) is 0 Å². The molecule has 2 aromatic rings. The molecule has 1 saturated heterocycles. The van der Waals surface area contributed by atoms with E-state index in [1.165, 1.54) is 6.42 Å². The van der Waals surface area contributed by atoms with Crippen molar-refractivity contribution in [2.45, 2.75) is 31.1 Å². The second-order valence-corrected chi connectivity index (χ2v) is 7.35. The molecule has 0 radical (unpaired) electrons. The minimum Gasteiger partial charge on any atom is -0.361 e. The number of carbonyl (C=O) groups is 2. The number of benzene rings is 1. The first-order valence-corrected chi connectivity index (χ1v) is 9.33. The summed E-state index contributed by atoms with van der Waals surface area (Å²) in [6.07, 6.45) is 6.89. The van der Waals surface area contributed by atoms with Crippen LogP contribution in [0.1, 0.15) is 46.4 Å². The van der Waals surface area contributed by atoms with Gasteiger partial charge in [-0.2, -0.15) is 0 Å². The molecule has 0 atom stereocenters. The van der Waals surface area contributed by atoms with Gasteiger partial charge in [-0.15, -0.1) is 12.6 Å². The zero-order valence-corrected chi connectivity index (χ0v) is 15.5. The predicted octanol–water partition coefficient (Wildman–Crippen LogP) is 3.73. The van der Waals surface area contributed by atoms with Crippen LogP contribution in [-0.2, 0) is 4.79 Å². The monoisotopic (exact) mass is 367 g/mol. The van der Waals surface area contributed by atoms with Gasteiger partial charge in [-0.25, -0.2) is 0 Å². The highest BCUT2D eigenvalue weighted by Crippen LogP contribution is 2.35.